The molecule has 0 saturated carbocycles. The third-order valence-corrected chi connectivity index (χ3v) is 6.08. The van der Waals surface area contributed by atoms with E-state index in [4.69, 9.17) is 9.47 Å². The van der Waals surface area contributed by atoms with Gasteiger partial charge in [-0.2, -0.15) is 0 Å². The molecule has 184 valence electrons. The van der Waals surface area contributed by atoms with Crippen molar-refractivity contribution in [1.29, 1.82) is 0 Å². The van der Waals surface area contributed by atoms with Gasteiger partial charge < -0.3 is 19.5 Å². The first kappa shape index (κ1) is 27.1. The fourth-order valence-corrected chi connectivity index (χ4v) is 3.48. The number of benzene rings is 1. The van der Waals surface area contributed by atoms with E-state index in [0.29, 0.717) is 38.1 Å². The highest BCUT2D eigenvalue weighted by molar-refractivity contribution is 5.94. The van der Waals surface area contributed by atoms with Crippen LogP contribution >= 0.6 is 0 Å². The quantitative estimate of drug-likeness (QED) is 0.457. The molecule has 1 heterocycles. The van der Waals surface area contributed by atoms with Crippen LogP contribution in [0.4, 0.5) is 0 Å². The second-order valence-electron chi connectivity index (χ2n) is 10.9. The topological polar surface area (TPSA) is 76.1 Å². The van der Waals surface area contributed by atoms with Crippen LogP contribution in [0.25, 0.3) is 0 Å². The van der Waals surface area contributed by atoms with Crippen LogP contribution in [0.2, 0.25) is 0 Å². The molecule has 1 amide bonds. The maximum absolute atomic E-state index is 13.1. The smallest absolute Gasteiger partial charge is 0.310 e. The van der Waals surface area contributed by atoms with Gasteiger partial charge in [0.15, 0.2) is 0 Å². The van der Waals surface area contributed by atoms with E-state index in [1.165, 1.54) is 0 Å². The van der Waals surface area contributed by atoms with Crippen molar-refractivity contribution in [1.82, 2.24) is 4.90 Å². The van der Waals surface area contributed by atoms with Crippen molar-refractivity contribution >= 4 is 11.9 Å². The number of rotatable bonds is 7. The molecule has 6 nitrogen and oxygen atoms in total. The van der Waals surface area contributed by atoms with Crippen molar-refractivity contribution in [3.63, 3.8) is 0 Å². The number of carbonyl (C=O) groups excluding carboxylic acids is 2. The van der Waals surface area contributed by atoms with Crippen LogP contribution in [0.1, 0.15) is 90.1 Å². The van der Waals surface area contributed by atoms with Gasteiger partial charge in [0.2, 0.25) is 0 Å². The minimum absolute atomic E-state index is 0.00240. The molecule has 1 aromatic carbocycles. The largest absolute Gasteiger partial charge is 0.460 e. The Balaban J connectivity index is 1.97. The first-order valence-corrected chi connectivity index (χ1v) is 11.8. The highest BCUT2D eigenvalue weighted by Crippen LogP contribution is 2.26. The Hall–Kier alpha value is -2.18. The van der Waals surface area contributed by atoms with Crippen molar-refractivity contribution < 1.29 is 24.2 Å². The molecule has 0 unspecified atom stereocenters. The summed E-state index contributed by atoms with van der Waals surface area (Å²) < 4.78 is 11.4. The average molecular weight is 460 g/mol. The van der Waals surface area contributed by atoms with Gasteiger partial charge >= 0.3 is 5.97 Å². The van der Waals surface area contributed by atoms with Crippen LogP contribution in [-0.4, -0.2) is 51.8 Å². The summed E-state index contributed by atoms with van der Waals surface area (Å²) >= 11 is 0. The van der Waals surface area contributed by atoms with Gasteiger partial charge in [0.05, 0.1) is 24.2 Å². The average Bonchev–Trinajstić information content (AvgIpc) is 2.66. The fourth-order valence-electron chi connectivity index (χ4n) is 3.48. The van der Waals surface area contributed by atoms with E-state index in [-0.39, 0.29) is 11.9 Å². The summed E-state index contributed by atoms with van der Waals surface area (Å²) in [6, 6.07) is 7.49. The minimum Gasteiger partial charge on any atom is -0.460 e. The molecule has 0 atom stereocenters. The van der Waals surface area contributed by atoms with Crippen LogP contribution in [0.3, 0.4) is 0 Å². The summed E-state index contributed by atoms with van der Waals surface area (Å²) in [4.78, 5) is 27.2. The van der Waals surface area contributed by atoms with E-state index >= 15 is 0 Å². The second kappa shape index (κ2) is 10.8. The van der Waals surface area contributed by atoms with Gasteiger partial charge in [-0.05, 0) is 85.4 Å². The van der Waals surface area contributed by atoms with Gasteiger partial charge in [0.25, 0.3) is 5.91 Å². The lowest BCUT2D eigenvalue weighted by atomic mass is 9.89. The molecule has 0 spiro atoms. The Kier molecular flexibility index (Phi) is 8.88. The molecule has 0 radical (unpaired) electrons. The molecule has 1 N–H and O–H groups in total. The molecule has 1 aromatic rings. The number of carbonyl (C=O) groups is 2. The molecule has 0 bridgehead atoms. The highest BCUT2D eigenvalue weighted by Gasteiger charge is 2.36. The second-order valence-corrected chi connectivity index (χ2v) is 10.9. The van der Waals surface area contributed by atoms with E-state index < -0.39 is 16.8 Å². The Labute approximate surface area is 199 Å². The molecule has 6 heteroatoms. The summed E-state index contributed by atoms with van der Waals surface area (Å²) in [6.45, 7) is 14.3. The predicted molar refractivity (Wildman–Crippen MR) is 130 cm³/mol. The lowest BCUT2D eigenvalue weighted by Crippen LogP contribution is -2.47. The number of hydrogen-bond acceptors (Lipinski definition) is 5. The fraction of sp³-hybridized carbons (Fsp3) is 0.630. The first-order valence-electron chi connectivity index (χ1n) is 11.8. The van der Waals surface area contributed by atoms with E-state index in [1.807, 2.05) is 63.8 Å². The zero-order valence-corrected chi connectivity index (χ0v) is 21.4. The van der Waals surface area contributed by atoms with Crippen molar-refractivity contribution in [2.45, 2.75) is 97.6 Å². The molecule has 0 fully saturated rings. The number of aliphatic hydroxyl groups is 1. The summed E-state index contributed by atoms with van der Waals surface area (Å²) in [6.07, 6.45) is 4.69. The lowest BCUT2D eigenvalue weighted by molar-refractivity contribution is -0.154. The zero-order valence-electron chi connectivity index (χ0n) is 21.4. The van der Waals surface area contributed by atoms with Crippen LogP contribution in [0.15, 0.2) is 35.9 Å². The number of amides is 1. The van der Waals surface area contributed by atoms with Crippen LogP contribution in [0.5, 0.6) is 0 Å². The molecule has 33 heavy (non-hydrogen) atoms. The van der Waals surface area contributed by atoms with Crippen molar-refractivity contribution in [3.8, 4) is 0 Å². The van der Waals surface area contributed by atoms with Gasteiger partial charge in [-0.15, -0.1) is 0 Å². The van der Waals surface area contributed by atoms with Crippen molar-refractivity contribution in [2.75, 3.05) is 13.1 Å². The monoisotopic (exact) mass is 459 g/mol. The highest BCUT2D eigenvalue weighted by atomic mass is 16.6. The van der Waals surface area contributed by atoms with Crippen LogP contribution in [-0.2, 0) is 20.9 Å². The summed E-state index contributed by atoms with van der Waals surface area (Å²) in [5.74, 6) is -0.198. The molecular formula is C27H41NO5. The predicted octanol–water partition coefficient (Wildman–Crippen LogP) is 5.04. The summed E-state index contributed by atoms with van der Waals surface area (Å²) in [7, 11) is 0. The van der Waals surface area contributed by atoms with E-state index in [2.05, 4.69) is 6.08 Å². The van der Waals surface area contributed by atoms with E-state index in [9.17, 15) is 14.7 Å². The van der Waals surface area contributed by atoms with Gasteiger partial charge in [-0.1, -0.05) is 23.8 Å². The zero-order chi connectivity index (χ0) is 24.9. The van der Waals surface area contributed by atoms with Gasteiger partial charge in [0, 0.05) is 18.7 Å². The number of hydrogen-bond donors (Lipinski definition) is 1. The first-order chi connectivity index (χ1) is 15.2. The van der Waals surface area contributed by atoms with E-state index in [1.54, 1.807) is 13.8 Å². The van der Waals surface area contributed by atoms with Gasteiger partial charge in [-0.3, -0.25) is 9.59 Å². The maximum Gasteiger partial charge on any atom is 0.310 e. The van der Waals surface area contributed by atoms with Crippen LogP contribution in [0, 0.1) is 0 Å². The SMILES string of the molecule is CC(C)(C)OC(=O)C/C1=C/CCN(C(=O)c2cccc(COC(C)(C)C(C)(C)O)c2)CCC1. The molecule has 0 aliphatic carbocycles. The van der Waals surface area contributed by atoms with Crippen molar-refractivity contribution in [2.24, 2.45) is 0 Å². The standard InChI is InChI=1S/C27H41NO5/c1-25(2,3)33-23(29)18-20-12-9-15-28(16-10-13-20)24(30)22-14-8-11-21(17-22)19-32-27(6,7)26(4,5)31/h8,11-12,14,17,31H,9-10,13,15-16,18-19H2,1-7H3/b20-12+. The third-order valence-electron chi connectivity index (χ3n) is 6.08. The van der Waals surface area contributed by atoms with Gasteiger partial charge in [0.1, 0.15) is 5.60 Å². The molecule has 1 aliphatic rings. The Bertz CT molecular complexity index is 858. The van der Waals surface area contributed by atoms with Gasteiger partial charge in [-0.25, -0.2) is 0 Å². The van der Waals surface area contributed by atoms with Crippen LogP contribution < -0.4 is 0 Å². The number of ether oxygens (including phenoxy) is 2. The Morgan fingerprint density at radius 2 is 1.76 bits per heavy atom. The normalized spacial score (nSPS) is 17.6. The lowest BCUT2D eigenvalue weighted by Gasteiger charge is -2.37. The molecular weight excluding hydrogens is 418 g/mol. The van der Waals surface area contributed by atoms with E-state index in [0.717, 1.165) is 24.0 Å². The Morgan fingerprint density at radius 3 is 2.39 bits per heavy atom. The third kappa shape index (κ3) is 8.59. The molecule has 0 aromatic heterocycles. The number of esters is 1. The minimum atomic E-state index is -0.985. The van der Waals surface area contributed by atoms with Crippen molar-refractivity contribution in [3.05, 3.63) is 47.0 Å². The Morgan fingerprint density at radius 1 is 1.06 bits per heavy atom. The number of nitrogens with zero attached hydrogens (tertiary/aromatic N) is 1. The molecule has 1 aliphatic heterocycles. The summed E-state index contributed by atoms with van der Waals surface area (Å²) in [5, 5.41) is 10.3. The summed E-state index contributed by atoms with van der Waals surface area (Å²) in [5.41, 5.74) is 0.428. The molecule has 0 saturated heterocycles. The maximum atomic E-state index is 13.1. The molecule has 2 rings (SSSR count).